The summed E-state index contributed by atoms with van der Waals surface area (Å²) in [6, 6.07) is 3.31. The summed E-state index contributed by atoms with van der Waals surface area (Å²) in [5, 5.41) is 7.34. The molecule has 0 aliphatic carbocycles. The van der Waals surface area contributed by atoms with Gasteiger partial charge in [0, 0.05) is 25.7 Å². The molecule has 0 radical (unpaired) electrons. The first kappa shape index (κ1) is 19.3. The van der Waals surface area contributed by atoms with Gasteiger partial charge in [-0.1, -0.05) is 5.21 Å². The number of nitrogens with two attached hydrogens (primary N) is 1. The lowest BCUT2D eigenvalue weighted by Gasteiger charge is -2.23. The quantitative estimate of drug-likeness (QED) is 0.587. The maximum atomic E-state index is 14.1. The molecule has 0 saturated carbocycles. The van der Waals surface area contributed by atoms with Crippen molar-refractivity contribution in [3.63, 3.8) is 0 Å². The Bertz CT molecular complexity index is 1260. The van der Waals surface area contributed by atoms with E-state index < -0.39 is 33.9 Å². The molecule has 11 nitrogen and oxygen atoms in total. The van der Waals surface area contributed by atoms with Crippen LogP contribution in [-0.4, -0.2) is 56.9 Å². The van der Waals surface area contributed by atoms with Crippen LogP contribution in [0.1, 0.15) is 16.9 Å². The molecule has 1 aromatic carbocycles. The van der Waals surface area contributed by atoms with E-state index in [-0.39, 0.29) is 35.7 Å². The highest BCUT2D eigenvalue weighted by molar-refractivity contribution is 7.89. The lowest BCUT2D eigenvalue weighted by Crippen LogP contribution is -2.38. The van der Waals surface area contributed by atoms with Gasteiger partial charge in [0.1, 0.15) is 6.17 Å². The summed E-state index contributed by atoms with van der Waals surface area (Å²) in [7, 11) is -2.57. The molecule has 0 spiro atoms. The zero-order valence-electron chi connectivity index (χ0n) is 15.2. The Morgan fingerprint density at radius 1 is 1.41 bits per heavy atom. The molecule has 0 bridgehead atoms. The largest absolute Gasteiger partial charge is 0.419 e. The molecular weight excluding hydrogens is 407 g/mol. The molecule has 29 heavy (non-hydrogen) atoms. The van der Waals surface area contributed by atoms with Crippen LogP contribution >= 0.6 is 0 Å². The minimum atomic E-state index is -4.08. The molecule has 4 rings (SSSR count). The number of carbonyl (C=O) groups excluding carboxylic acids is 1. The normalized spacial score (nSPS) is 20.5. The molecule has 1 amide bonds. The number of alkyl halides is 1. The van der Waals surface area contributed by atoms with Gasteiger partial charge in [0.15, 0.2) is 11.3 Å². The number of amides is 1. The number of benzene rings is 1. The number of nitrogens with zero attached hydrogens (tertiary/aromatic N) is 5. The Kier molecular flexibility index (Phi) is 4.50. The van der Waals surface area contributed by atoms with Crippen LogP contribution in [0.3, 0.4) is 0 Å². The van der Waals surface area contributed by atoms with Gasteiger partial charge in [-0.05, 0) is 18.6 Å². The third-order valence-electron chi connectivity index (χ3n) is 4.87. The molecule has 3 aromatic rings. The predicted molar refractivity (Wildman–Crippen MR) is 97.2 cm³/mol. The number of sulfonamides is 1. The topological polar surface area (TPSA) is 146 Å². The van der Waals surface area contributed by atoms with E-state index in [1.165, 1.54) is 40.7 Å². The second-order valence-electron chi connectivity index (χ2n) is 6.81. The molecule has 2 N–H and O–H groups in total. The highest BCUT2D eigenvalue weighted by Gasteiger charge is 2.41. The highest BCUT2D eigenvalue weighted by atomic mass is 32.2. The molecule has 1 saturated heterocycles. The van der Waals surface area contributed by atoms with Crippen LogP contribution in [0.25, 0.3) is 11.1 Å². The lowest BCUT2D eigenvalue weighted by molar-refractivity contribution is 0.0995. The Labute approximate surface area is 163 Å². The fourth-order valence-corrected chi connectivity index (χ4v) is 5.09. The Hall–Kier alpha value is -3.06. The predicted octanol–water partition coefficient (Wildman–Crippen LogP) is -0.377. The summed E-state index contributed by atoms with van der Waals surface area (Å²) >= 11 is 0. The summed E-state index contributed by atoms with van der Waals surface area (Å²) in [5.74, 6) is -1.39. The Morgan fingerprint density at radius 2 is 2.17 bits per heavy atom. The van der Waals surface area contributed by atoms with Gasteiger partial charge in [0.25, 0.3) is 5.91 Å². The fourth-order valence-electron chi connectivity index (χ4n) is 3.42. The van der Waals surface area contributed by atoms with Gasteiger partial charge in [-0.3, -0.25) is 14.0 Å². The molecule has 0 unspecified atom stereocenters. The van der Waals surface area contributed by atoms with Gasteiger partial charge in [-0.15, -0.1) is 5.10 Å². The number of hydrogen-bond acceptors (Lipinski definition) is 7. The summed E-state index contributed by atoms with van der Waals surface area (Å²) < 4.78 is 49.0. The molecule has 1 fully saturated rings. The van der Waals surface area contributed by atoms with E-state index in [1.807, 2.05) is 0 Å². The van der Waals surface area contributed by atoms with Crippen molar-refractivity contribution in [1.29, 1.82) is 0 Å². The second-order valence-corrected chi connectivity index (χ2v) is 8.70. The first-order chi connectivity index (χ1) is 13.7. The van der Waals surface area contributed by atoms with Crippen molar-refractivity contribution in [2.75, 3.05) is 6.54 Å². The van der Waals surface area contributed by atoms with E-state index >= 15 is 0 Å². The van der Waals surface area contributed by atoms with Crippen molar-refractivity contribution in [2.45, 2.75) is 30.1 Å². The average molecular weight is 424 g/mol. The maximum absolute atomic E-state index is 14.1. The summed E-state index contributed by atoms with van der Waals surface area (Å²) in [5.41, 5.74) is 5.62. The van der Waals surface area contributed by atoms with Gasteiger partial charge in [-0.2, -0.15) is 4.31 Å². The van der Waals surface area contributed by atoms with E-state index in [1.54, 1.807) is 0 Å². The van der Waals surface area contributed by atoms with E-state index in [9.17, 15) is 22.4 Å². The van der Waals surface area contributed by atoms with Crippen LogP contribution in [0, 0.1) is 0 Å². The van der Waals surface area contributed by atoms with E-state index in [2.05, 4.69) is 10.3 Å². The summed E-state index contributed by atoms with van der Waals surface area (Å²) in [6.45, 7) is -0.316. The zero-order valence-corrected chi connectivity index (χ0v) is 16.0. The van der Waals surface area contributed by atoms with Crippen LogP contribution in [0.15, 0.2) is 38.5 Å². The molecule has 2 aromatic heterocycles. The number of carbonyl (C=O) groups is 1. The van der Waals surface area contributed by atoms with Crippen LogP contribution in [-0.2, 0) is 23.6 Å². The lowest BCUT2D eigenvalue weighted by atomic mass is 10.2. The molecule has 1 aliphatic heterocycles. The second kappa shape index (κ2) is 6.77. The van der Waals surface area contributed by atoms with E-state index in [0.29, 0.717) is 5.52 Å². The molecule has 13 heteroatoms. The van der Waals surface area contributed by atoms with Gasteiger partial charge in [-0.25, -0.2) is 17.6 Å². The minimum Gasteiger partial charge on any atom is -0.408 e. The smallest absolute Gasteiger partial charge is 0.408 e. The molecule has 2 atom stereocenters. The summed E-state index contributed by atoms with van der Waals surface area (Å²) in [4.78, 5) is 22.7. The third kappa shape index (κ3) is 3.31. The van der Waals surface area contributed by atoms with Gasteiger partial charge in [0.2, 0.25) is 10.0 Å². The zero-order chi connectivity index (χ0) is 20.9. The number of hydrogen-bond donors (Lipinski definition) is 1. The third-order valence-corrected chi connectivity index (χ3v) is 6.79. The summed E-state index contributed by atoms with van der Waals surface area (Å²) in [6.07, 6.45) is -0.107. The maximum Gasteiger partial charge on any atom is 0.419 e. The van der Waals surface area contributed by atoms with Crippen LogP contribution in [0.4, 0.5) is 4.39 Å². The monoisotopic (exact) mass is 424 g/mol. The number of halogens is 1. The Balaban J connectivity index is 1.66. The van der Waals surface area contributed by atoms with Crippen molar-refractivity contribution in [2.24, 2.45) is 12.8 Å². The number of primary amides is 1. The van der Waals surface area contributed by atoms with E-state index in [4.69, 9.17) is 10.2 Å². The molecular formula is C16H17FN6O5S. The molecule has 1 aliphatic rings. The number of fused-ring (bicyclic) bond motifs is 1. The standard InChI is InChI=1S/C16H17FN6O5S/c1-21-13-3-2-11(5-14(13)28-16(21)25)29(26,27)23-6-9(17)4-10(23)7-22-8-12(15(18)24)19-20-22/h2-3,5,8-10H,4,6-7H2,1H3,(H2,18,24)/t9-,10-/m0/s1. The van der Waals surface area contributed by atoms with Crippen molar-refractivity contribution < 1.29 is 22.0 Å². The first-order valence-electron chi connectivity index (χ1n) is 8.62. The van der Waals surface area contributed by atoms with Gasteiger partial charge >= 0.3 is 5.76 Å². The SMILES string of the molecule is Cn1c(=O)oc2cc(S(=O)(=O)N3C[C@@H](F)C[C@H]3Cn3cc(C(N)=O)nn3)ccc21. The first-order valence-corrected chi connectivity index (χ1v) is 10.1. The molecule has 154 valence electrons. The van der Waals surface area contributed by atoms with Gasteiger partial charge < -0.3 is 10.2 Å². The van der Waals surface area contributed by atoms with Crippen LogP contribution < -0.4 is 11.5 Å². The van der Waals surface area contributed by atoms with Crippen molar-refractivity contribution in [3.8, 4) is 0 Å². The van der Waals surface area contributed by atoms with Gasteiger partial charge in [0.05, 0.1) is 23.2 Å². The van der Waals surface area contributed by atoms with Crippen molar-refractivity contribution >= 4 is 27.0 Å². The number of aryl methyl sites for hydroxylation is 1. The van der Waals surface area contributed by atoms with Crippen molar-refractivity contribution in [1.82, 2.24) is 23.9 Å². The van der Waals surface area contributed by atoms with E-state index in [0.717, 1.165) is 4.31 Å². The fraction of sp³-hybridized carbons (Fsp3) is 0.375. The Morgan fingerprint density at radius 3 is 2.86 bits per heavy atom. The number of oxazole rings is 1. The average Bonchev–Trinajstić information content (AvgIpc) is 3.34. The number of rotatable bonds is 5. The van der Waals surface area contributed by atoms with Crippen LogP contribution in [0.2, 0.25) is 0 Å². The minimum absolute atomic E-state index is 0.00257. The van der Waals surface area contributed by atoms with Crippen molar-refractivity contribution in [3.05, 3.63) is 40.6 Å². The number of aromatic nitrogens is 4. The van der Waals surface area contributed by atoms with Crippen LogP contribution in [0.5, 0.6) is 0 Å². The highest BCUT2D eigenvalue weighted by Crippen LogP contribution is 2.30. The molecule has 3 heterocycles.